The van der Waals surface area contributed by atoms with E-state index < -0.39 is 0 Å². The average Bonchev–Trinajstić information content (AvgIpc) is 2.48. The van der Waals surface area contributed by atoms with Gasteiger partial charge in [0.05, 0.1) is 0 Å². The van der Waals surface area contributed by atoms with Crippen LogP contribution in [-0.2, 0) is 13.5 Å². The minimum Gasteiger partial charge on any atom is -0.273 e. The quantitative estimate of drug-likeness (QED) is 0.684. The summed E-state index contributed by atoms with van der Waals surface area (Å²) in [7, 11) is 1.98. The molecule has 0 radical (unpaired) electrons. The van der Waals surface area contributed by atoms with E-state index in [2.05, 4.69) is 25.0 Å². The average molecular weight is 201 g/mol. The standard InChI is InChI=1S/C10H17ClN2/c1-10(2,8-11)6-4-9-5-7-12-13(9)3/h5,7H,4,6,8H2,1-3H3. The second-order valence-electron chi connectivity index (χ2n) is 4.24. The fraction of sp³-hybridized carbons (Fsp3) is 0.700. The molecule has 0 aliphatic heterocycles. The Kier molecular flexibility index (Phi) is 3.37. The maximum atomic E-state index is 5.85. The number of hydrogen-bond acceptors (Lipinski definition) is 1. The van der Waals surface area contributed by atoms with Crippen LogP contribution in [0.15, 0.2) is 12.3 Å². The predicted octanol–water partition coefficient (Wildman–Crippen LogP) is 2.62. The highest BCUT2D eigenvalue weighted by atomic mass is 35.5. The lowest BCUT2D eigenvalue weighted by Gasteiger charge is -2.20. The molecule has 0 bridgehead atoms. The Balaban J connectivity index is 2.48. The largest absolute Gasteiger partial charge is 0.273 e. The molecule has 0 fully saturated rings. The van der Waals surface area contributed by atoms with Crippen molar-refractivity contribution in [3.8, 4) is 0 Å². The first-order valence-electron chi connectivity index (χ1n) is 4.58. The molecule has 0 saturated carbocycles. The van der Waals surface area contributed by atoms with Crippen LogP contribution >= 0.6 is 11.6 Å². The highest BCUT2D eigenvalue weighted by Crippen LogP contribution is 2.23. The van der Waals surface area contributed by atoms with E-state index in [0.29, 0.717) is 5.88 Å². The molecule has 0 unspecified atom stereocenters. The summed E-state index contributed by atoms with van der Waals surface area (Å²) < 4.78 is 1.92. The van der Waals surface area contributed by atoms with Gasteiger partial charge in [-0.25, -0.2) is 0 Å². The fourth-order valence-corrected chi connectivity index (χ4v) is 1.31. The van der Waals surface area contributed by atoms with Crippen LogP contribution in [0.1, 0.15) is 26.0 Å². The van der Waals surface area contributed by atoms with Crippen molar-refractivity contribution in [3.63, 3.8) is 0 Å². The second kappa shape index (κ2) is 4.14. The monoisotopic (exact) mass is 200 g/mol. The van der Waals surface area contributed by atoms with Gasteiger partial charge in [-0.15, -0.1) is 11.6 Å². The molecule has 3 heteroatoms. The fourth-order valence-electron chi connectivity index (χ4n) is 1.18. The molecule has 0 aliphatic rings. The highest BCUT2D eigenvalue weighted by Gasteiger charge is 2.16. The molecule has 13 heavy (non-hydrogen) atoms. The van der Waals surface area contributed by atoms with Gasteiger partial charge in [0, 0.05) is 24.8 Å². The zero-order valence-corrected chi connectivity index (χ0v) is 9.30. The van der Waals surface area contributed by atoms with Gasteiger partial charge in [0.1, 0.15) is 0 Å². The maximum Gasteiger partial charge on any atom is 0.0492 e. The summed E-state index contributed by atoms with van der Waals surface area (Å²) in [6.07, 6.45) is 4.00. The van der Waals surface area contributed by atoms with Gasteiger partial charge in [-0.05, 0) is 24.3 Å². The third kappa shape index (κ3) is 3.03. The number of aryl methyl sites for hydroxylation is 2. The lowest BCUT2D eigenvalue weighted by Crippen LogP contribution is -2.15. The Morgan fingerprint density at radius 1 is 1.54 bits per heavy atom. The second-order valence-corrected chi connectivity index (χ2v) is 4.51. The van der Waals surface area contributed by atoms with E-state index in [9.17, 15) is 0 Å². The predicted molar refractivity (Wildman–Crippen MR) is 56.0 cm³/mol. The van der Waals surface area contributed by atoms with Crippen molar-refractivity contribution in [2.75, 3.05) is 5.88 Å². The minimum atomic E-state index is 0.228. The van der Waals surface area contributed by atoms with Gasteiger partial charge in [0.25, 0.3) is 0 Å². The molecule has 1 aromatic rings. The Labute approximate surface area is 84.9 Å². The maximum absolute atomic E-state index is 5.85. The number of nitrogens with zero attached hydrogens (tertiary/aromatic N) is 2. The first kappa shape index (κ1) is 10.6. The summed E-state index contributed by atoms with van der Waals surface area (Å²) in [4.78, 5) is 0. The normalized spacial score (nSPS) is 12.0. The molecule has 0 aliphatic carbocycles. The van der Waals surface area contributed by atoms with Crippen molar-refractivity contribution in [1.82, 2.24) is 9.78 Å². The highest BCUT2D eigenvalue weighted by molar-refractivity contribution is 6.18. The molecule has 0 saturated heterocycles. The van der Waals surface area contributed by atoms with E-state index in [0.717, 1.165) is 12.8 Å². The van der Waals surface area contributed by atoms with Crippen LogP contribution in [0.5, 0.6) is 0 Å². The zero-order valence-electron chi connectivity index (χ0n) is 8.55. The summed E-state index contributed by atoms with van der Waals surface area (Å²) in [5, 5.41) is 4.13. The molecule has 0 aromatic carbocycles. The first-order valence-corrected chi connectivity index (χ1v) is 5.11. The number of rotatable bonds is 4. The summed E-state index contributed by atoms with van der Waals surface area (Å²) >= 11 is 5.85. The van der Waals surface area contributed by atoms with E-state index in [4.69, 9.17) is 11.6 Å². The van der Waals surface area contributed by atoms with Crippen LogP contribution < -0.4 is 0 Å². The number of hydrogen-bond donors (Lipinski definition) is 0. The molecule has 0 spiro atoms. The number of halogens is 1. The number of aromatic nitrogens is 2. The molecule has 74 valence electrons. The van der Waals surface area contributed by atoms with Crippen molar-refractivity contribution >= 4 is 11.6 Å². The Bertz CT molecular complexity index is 266. The van der Waals surface area contributed by atoms with Crippen molar-refractivity contribution in [1.29, 1.82) is 0 Å². The molecule has 0 N–H and O–H groups in total. The third-order valence-electron chi connectivity index (χ3n) is 2.34. The van der Waals surface area contributed by atoms with Crippen LogP contribution in [0.2, 0.25) is 0 Å². The SMILES string of the molecule is Cn1nccc1CCC(C)(C)CCl. The molecule has 2 nitrogen and oxygen atoms in total. The molecule has 1 rings (SSSR count). The van der Waals surface area contributed by atoms with E-state index in [-0.39, 0.29) is 5.41 Å². The molecule has 0 amide bonds. The minimum absolute atomic E-state index is 0.228. The summed E-state index contributed by atoms with van der Waals surface area (Å²) in [6.45, 7) is 4.38. The van der Waals surface area contributed by atoms with Gasteiger partial charge in [0.15, 0.2) is 0 Å². The summed E-state index contributed by atoms with van der Waals surface area (Å²) in [5.74, 6) is 0.713. The Hall–Kier alpha value is -0.500. The van der Waals surface area contributed by atoms with E-state index in [1.165, 1.54) is 5.69 Å². The molecule has 1 heterocycles. The van der Waals surface area contributed by atoms with Crippen molar-refractivity contribution in [2.45, 2.75) is 26.7 Å². The lowest BCUT2D eigenvalue weighted by atomic mass is 9.89. The van der Waals surface area contributed by atoms with Crippen molar-refractivity contribution in [2.24, 2.45) is 12.5 Å². The van der Waals surface area contributed by atoms with Gasteiger partial charge in [-0.1, -0.05) is 13.8 Å². The van der Waals surface area contributed by atoms with Crippen LogP contribution in [0.25, 0.3) is 0 Å². The number of alkyl halides is 1. The molecular weight excluding hydrogens is 184 g/mol. The van der Waals surface area contributed by atoms with Crippen LogP contribution in [0, 0.1) is 5.41 Å². The molecule has 1 aromatic heterocycles. The topological polar surface area (TPSA) is 17.8 Å². The summed E-state index contributed by atoms with van der Waals surface area (Å²) in [5.41, 5.74) is 1.50. The van der Waals surface area contributed by atoms with E-state index in [1.807, 2.05) is 17.9 Å². The smallest absolute Gasteiger partial charge is 0.0492 e. The van der Waals surface area contributed by atoms with Crippen LogP contribution in [0.4, 0.5) is 0 Å². The van der Waals surface area contributed by atoms with Crippen molar-refractivity contribution in [3.05, 3.63) is 18.0 Å². The van der Waals surface area contributed by atoms with Crippen LogP contribution in [0.3, 0.4) is 0 Å². The Morgan fingerprint density at radius 2 is 2.23 bits per heavy atom. The molecular formula is C10H17ClN2. The third-order valence-corrected chi connectivity index (χ3v) is 3.07. The van der Waals surface area contributed by atoms with Gasteiger partial charge in [-0.2, -0.15) is 5.10 Å². The lowest BCUT2D eigenvalue weighted by molar-refractivity contribution is 0.380. The van der Waals surface area contributed by atoms with E-state index in [1.54, 1.807) is 0 Å². The van der Waals surface area contributed by atoms with Gasteiger partial charge < -0.3 is 0 Å². The van der Waals surface area contributed by atoms with Crippen LogP contribution in [-0.4, -0.2) is 15.7 Å². The Morgan fingerprint density at radius 3 is 2.69 bits per heavy atom. The first-order chi connectivity index (χ1) is 6.05. The summed E-state index contributed by atoms with van der Waals surface area (Å²) in [6, 6.07) is 2.06. The van der Waals surface area contributed by atoms with Gasteiger partial charge in [-0.3, -0.25) is 4.68 Å². The van der Waals surface area contributed by atoms with E-state index >= 15 is 0 Å². The molecule has 0 atom stereocenters. The van der Waals surface area contributed by atoms with Gasteiger partial charge in [0.2, 0.25) is 0 Å². The zero-order chi connectivity index (χ0) is 9.90. The van der Waals surface area contributed by atoms with Crippen molar-refractivity contribution < 1.29 is 0 Å². The van der Waals surface area contributed by atoms with Gasteiger partial charge >= 0.3 is 0 Å².